The maximum absolute atomic E-state index is 14.3. The number of hydrogen-bond donors (Lipinski definition) is 3. The zero-order chi connectivity index (χ0) is 35.6. The maximum atomic E-state index is 14.3. The highest BCUT2D eigenvalue weighted by atomic mass is 19.4. The van der Waals surface area contributed by atoms with Crippen LogP contribution >= 0.6 is 0 Å². The Hall–Kier alpha value is -4.13. The van der Waals surface area contributed by atoms with E-state index in [1.54, 1.807) is 42.2 Å². The number of amides is 3. The number of para-hydroxylation sites is 1. The van der Waals surface area contributed by atoms with Crippen molar-refractivity contribution in [2.45, 2.75) is 71.0 Å². The van der Waals surface area contributed by atoms with Gasteiger partial charge in [-0.15, -0.1) is 0 Å². The number of nitrogens with zero attached hydrogens (tertiary/aromatic N) is 2. The average Bonchev–Trinajstić information content (AvgIpc) is 3.06. The first kappa shape index (κ1) is 37.7. The number of ether oxygens (including phenoxy) is 2. The highest BCUT2D eigenvalue weighted by Gasteiger charge is 2.32. The second-order valence-corrected chi connectivity index (χ2v) is 12.8. The fourth-order valence-corrected chi connectivity index (χ4v) is 5.76. The standard InChI is InChI=1S/C37H47F3N4O5/c1-25-21-44(26(2)24-45)35(46)32-20-31(42-36(47)41-30-11-6-5-7-12-30)17-18-33(32)49-27(3)10-8-9-19-48-34(25)23-43(4)22-28-13-15-29(16-14-28)37(38,39)40/h5-7,11-18,20,25-27,34,45H,8-10,19,21-24H2,1-4H3,(H2,41,42,47)/t25-,26+,27+,34-/m1/s1. The molecule has 3 aromatic rings. The number of fused-ring (bicyclic) bond motifs is 1. The number of anilines is 2. The molecule has 4 atom stereocenters. The van der Waals surface area contributed by atoms with Crippen molar-refractivity contribution in [3.05, 3.63) is 89.5 Å². The zero-order valence-corrected chi connectivity index (χ0v) is 28.5. The lowest BCUT2D eigenvalue weighted by Crippen LogP contribution is -2.47. The maximum Gasteiger partial charge on any atom is 0.416 e. The van der Waals surface area contributed by atoms with Crippen molar-refractivity contribution in [3.8, 4) is 5.75 Å². The molecule has 0 saturated heterocycles. The topological polar surface area (TPSA) is 103 Å². The smallest absolute Gasteiger partial charge is 0.416 e. The van der Waals surface area contributed by atoms with Crippen LogP contribution in [-0.4, -0.2) is 78.4 Å². The molecule has 4 rings (SSSR count). The van der Waals surface area contributed by atoms with Crippen molar-refractivity contribution in [2.24, 2.45) is 5.92 Å². The van der Waals surface area contributed by atoms with E-state index >= 15 is 0 Å². The van der Waals surface area contributed by atoms with Crippen molar-refractivity contribution in [3.63, 3.8) is 0 Å². The molecule has 3 N–H and O–H groups in total. The summed E-state index contributed by atoms with van der Waals surface area (Å²) in [6.45, 7) is 7.04. The monoisotopic (exact) mass is 684 g/mol. The summed E-state index contributed by atoms with van der Waals surface area (Å²) in [4.78, 5) is 30.7. The average molecular weight is 685 g/mol. The Labute approximate surface area is 286 Å². The van der Waals surface area contributed by atoms with Crippen molar-refractivity contribution in [2.75, 3.05) is 44.0 Å². The Morgan fingerprint density at radius 2 is 1.71 bits per heavy atom. The molecule has 49 heavy (non-hydrogen) atoms. The predicted molar refractivity (Wildman–Crippen MR) is 184 cm³/mol. The van der Waals surface area contributed by atoms with Crippen LogP contribution < -0.4 is 15.4 Å². The van der Waals surface area contributed by atoms with Crippen molar-refractivity contribution >= 4 is 23.3 Å². The first-order valence-electron chi connectivity index (χ1n) is 16.7. The molecule has 1 aliphatic heterocycles. The largest absolute Gasteiger partial charge is 0.490 e. The van der Waals surface area contributed by atoms with Crippen LogP contribution in [0.15, 0.2) is 72.8 Å². The molecule has 12 heteroatoms. The molecule has 0 unspecified atom stereocenters. The number of halogens is 3. The number of benzene rings is 3. The Morgan fingerprint density at radius 3 is 2.39 bits per heavy atom. The Kier molecular flexibility index (Phi) is 13.5. The fraction of sp³-hybridized carbons (Fsp3) is 0.459. The van der Waals surface area contributed by atoms with Crippen LogP contribution in [0.3, 0.4) is 0 Å². The molecule has 0 fully saturated rings. The van der Waals surface area contributed by atoms with Gasteiger partial charge in [0.25, 0.3) is 5.91 Å². The van der Waals surface area contributed by atoms with Gasteiger partial charge in [-0.05, 0) is 88.2 Å². The molecule has 0 saturated carbocycles. The second kappa shape index (κ2) is 17.5. The summed E-state index contributed by atoms with van der Waals surface area (Å²) in [5.41, 5.74) is 1.32. The van der Waals surface area contributed by atoms with E-state index in [1.807, 2.05) is 44.0 Å². The SMILES string of the molecule is C[C@@H]1CN([C@@H](C)CO)C(=O)c2cc(NC(=O)Nc3ccccc3)ccc2O[C@@H](C)CCCCO[C@@H]1CN(C)Cc1ccc(C(F)(F)F)cc1. The lowest BCUT2D eigenvalue weighted by atomic mass is 10.0. The molecule has 1 heterocycles. The Morgan fingerprint density at radius 1 is 1.02 bits per heavy atom. The normalized spacial score (nSPS) is 20.1. The minimum Gasteiger partial charge on any atom is -0.490 e. The number of carbonyl (C=O) groups is 2. The molecule has 0 aromatic heterocycles. The lowest BCUT2D eigenvalue weighted by molar-refractivity contribution is -0.137. The molecule has 0 bridgehead atoms. The van der Waals surface area contributed by atoms with Crippen LogP contribution in [0.5, 0.6) is 5.75 Å². The summed E-state index contributed by atoms with van der Waals surface area (Å²) < 4.78 is 51.8. The van der Waals surface area contributed by atoms with Gasteiger partial charge in [0.1, 0.15) is 5.75 Å². The van der Waals surface area contributed by atoms with E-state index in [0.717, 1.165) is 37.0 Å². The van der Waals surface area contributed by atoms with Gasteiger partial charge in [-0.2, -0.15) is 13.2 Å². The van der Waals surface area contributed by atoms with Gasteiger partial charge < -0.3 is 30.1 Å². The van der Waals surface area contributed by atoms with Crippen LogP contribution in [0.25, 0.3) is 0 Å². The number of nitrogens with one attached hydrogen (secondary N) is 2. The van der Waals surface area contributed by atoms with Crippen molar-refractivity contribution < 1.29 is 37.3 Å². The van der Waals surface area contributed by atoms with Crippen molar-refractivity contribution in [1.82, 2.24) is 9.80 Å². The number of alkyl halides is 3. The number of carbonyl (C=O) groups excluding carboxylic acids is 2. The van der Waals surface area contributed by atoms with Crippen LogP contribution in [0.1, 0.15) is 61.5 Å². The van der Waals surface area contributed by atoms with E-state index in [-0.39, 0.29) is 42.7 Å². The Bertz CT molecular complexity index is 1510. The minimum absolute atomic E-state index is 0.183. The molecule has 1 aliphatic rings. The van der Waals surface area contributed by atoms with Crippen LogP contribution in [0.4, 0.5) is 29.3 Å². The van der Waals surface area contributed by atoms with Crippen LogP contribution in [0, 0.1) is 5.92 Å². The summed E-state index contributed by atoms with van der Waals surface area (Å²) in [6, 6.07) is 18.1. The third kappa shape index (κ3) is 11.2. The van der Waals surface area contributed by atoms with Gasteiger partial charge in [-0.25, -0.2) is 4.79 Å². The number of hydrogen-bond acceptors (Lipinski definition) is 6. The van der Waals surface area contributed by atoms with E-state index < -0.39 is 23.8 Å². The molecule has 0 aliphatic carbocycles. The van der Waals surface area contributed by atoms with Gasteiger partial charge in [0.15, 0.2) is 0 Å². The summed E-state index contributed by atoms with van der Waals surface area (Å²) in [6.07, 6.45) is -2.56. The minimum atomic E-state index is -4.40. The highest BCUT2D eigenvalue weighted by molar-refractivity contribution is 6.02. The summed E-state index contributed by atoms with van der Waals surface area (Å²) in [5.74, 6) is -0.163. The van der Waals surface area contributed by atoms with E-state index in [1.165, 1.54) is 12.1 Å². The number of likely N-dealkylation sites (N-methyl/N-ethyl adjacent to an activating group) is 1. The van der Waals surface area contributed by atoms with E-state index in [0.29, 0.717) is 36.8 Å². The number of urea groups is 1. The van der Waals surface area contributed by atoms with Gasteiger partial charge in [0.05, 0.1) is 36.0 Å². The first-order chi connectivity index (χ1) is 23.3. The van der Waals surface area contributed by atoms with E-state index in [9.17, 15) is 27.9 Å². The molecule has 9 nitrogen and oxygen atoms in total. The fourth-order valence-electron chi connectivity index (χ4n) is 5.76. The molecular formula is C37H47F3N4O5. The van der Waals surface area contributed by atoms with Gasteiger partial charge in [0.2, 0.25) is 0 Å². The number of aliphatic hydroxyl groups is 1. The van der Waals surface area contributed by atoms with Crippen LogP contribution in [-0.2, 0) is 17.5 Å². The number of rotatable bonds is 8. The second-order valence-electron chi connectivity index (χ2n) is 12.8. The highest BCUT2D eigenvalue weighted by Crippen LogP contribution is 2.30. The first-order valence-corrected chi connectivity index (χ1v) is 16.7. The summed E-state index contributed by atoms with van der Waals surface area (Å²) >= 11 is 0. The lowest BCUT2D eigenvalue weighted by Gasteiger charge is -2.36. The molecule has 0 radical (unpaired) electrons. The van der Waals surface area contributed by atoms with Gasteiger partial charge >= 0.3 is 12.2 Å². The van der Waals surface area contributed by atoms with Gasteiger partial charge in [0, 0.05) is 43.5 Å². The molecular weight excluding hydrogens is 637 g/mol. The molecule has 3 aromatic carbocycles. The third-order valence-corrected chi connectivity index (χ3v) is 8.57. The summed E-state index contributed by atoms with van der Waals surface area (Å²) in [5, 5.41) is 15.8. The zero-order valence-electron chi connectivity index (χ0n) is 28.5. The van der Waals surface area contributed by atoms with E-state index in [2.05, 4.69) is 10.6 Å². The quantitative estimate of drug-likeness (QED) is 0.231. The van der Waals surface area contributed by atoms with Gasteiger partial charge in [-0.1, -0.05) is 37.3 Å². The summed E-state index contributed by atoms with van der Waals surface area (Å²) in [7, 11) is 1.89. The van der Waals surface area contributed by atoms with E-state index in [4.69, 9.17) is 9.47 Å². The third-order valence-electron chi connectivity index (χ3n) is 8.57. The Balaban J connectivity index is 1.56. The molecule has 266 valence electrons. The molecule has 3 amide bonds. The molecule has 0 spiro atoms. The van der Waals surface area contributed by atoms with Crippen LogP contribution in [0.2, 0.25) is 0 Å². The predicted octanol–water partition coefficient (Wildman–Crippen LogP) is 7.28. The van der Waals surface area contributed by atoms with Gasteiger partial charge in [-0.3, -0.25) is 9.69 Å². The number of aliphatic hydroxyl groups excluding tert-OH is 1. The van der Waals surface area contributed by atoms with Crippen molar-refractivity contribution in [1.29, 1.82) is 0 Å².